The number of rotatable bonds is 2. The van der Waals surface area contributed by atoms with Crippen molar-refractivity contribution < 1.29 is 5.11 Å². The molecule has 0 saturated heterocycles. The lowest BCUT2D eigenvalue weighted by atomic mass is 9.99. The van der Waals surface area contributed by atoms with Crippen LogP contribution in [-0.4, -0.2) is 15.1 Å². The van der Waals surface area contributed by atoms with Gasteiger partial charge in [0.25, 0.3) is 0 Å². The van der Waals surface area contributed by atoms with Crippen LogP contribution in [0.2, 0.25) is 0 Å². The second-order valence-electron chi connectivity index (χ2n) is 4.54. The van der Waals surface area contributed by atoms with E-state index in [4.69, 9.17) is 10.8 Å². The number of aromatic nitrogens is 2. The van der Waals surface area contributed by atoms with Crippen LogP contribution >= 0.6 is 0 Å². The number of nitrogens with two attached hydrogens (primary N) is 1. The van der Waals surface area contributed by atoms with Gasteiger partial charge in [-0.3, -0.25) is 0 Å². The summed E-state index contributed by atoms with van der Waals surface area (Å²) in [4.78, 5) is 8.55. The smallest absolute Gasteiger partial charge is 0.162 e. The number of anilines is 1. The first-order valence-electron chi connectivity index (χ1n) is 5.83. The van der Waals surface area contributed by atoms with E-state index in [0.717, 1.165) is 16.7 Å². The minimum absolute atomic E-state index is 0.141. The third-order valence-corrected chi connectivity index (χ3v) is 2.97. The van der Waals surface area contributed by atoms with Crippen LogP contribution in [0.3, 0.4) is 0 Å². The molecule has 0 aliphatic rings. The third-order valence-electron chi connectivity index (χ3n) is 2.97. The lowest BCUT2D eigenvalue weighted by Crippen LogP contribution is -2.03. The van der Waals surface area contributed by atoms with Crippen LogP contribution in [0.25, 0.3) is 11.4 Å². The Morgan fingerprint density at radius 2 is 1.78 bits per heavy atom. The average molecular weight is 243 g/mol. The predicted molar refractivity (Wildman–Crippen MR) is 72.0 cm³/mol. The number of hydrogen-bond acceptors (Lipinski definition) is 4. The van der Waals surface area contributed by atoms with Crippen LogP contribution in [0.1, 0.15) is 22.3 Å². The zero-order valence-electron chi connectivity index (χ0n) is 10.9. The molecule has 0 radical (unpaired) electrons. The van der Waals surface area contributed by atoms with Gasteiger partial charge in [0.05, 0.1) is 6.61 Å². The average Bonchev–Trinajstić information content (AvgIpc) is 2.27. The molecule has 0 fully saturated rings. The monoisotopic (exact) mass is 243 g/mol. The number of nitrogen functional groups attached to an aromatic ring is 1. The van der Waals surface area contributed by atoms with Gasteiger partial charge in [-0.05, 0) is 31.9 Å². The lowest BCUT2D eigenvalue weighted by Gasteiger charge is -2.11. The summed E-state index contributed by atoms with van der Waals surface area (Å²) in [7, 11) is 0. The number of aryl methyl sites for hydroxylation is 3. The molecule has 4 heteroatoms. The highest BCUT2D eigenvalue weighted by Crippen LogP contribution is 2.26. The molecule has 2 aromatic rings. The molecule has 1 heterocycles. The van der Waals surface area contributed by atoms with Crippen molar-refractivity contribution in [2.24, 2.45) is 0 Å². The van der Waals surface area contributed by atoms with E-state index in [-0.39, 0.29) is 6.61 Å². The third kappa shape index (κ3) is 2.19. The van der Waals surface area contributed by atoms with Crippen molar-refractivity contribution in [3.05, 3.63) is 40.6 Å². The molecule has 0 bridgehead atoms. The Labute approximate surface area is 107 Å². The topological polar surface area (TPSA) is 72.0 Å². The summed E-state index contributed by atoms with van der Waals surface area (Å²) in [5.74, 6) is 0.946. The quantitative estimate of drug-likeness (QED) is 0.847. The van der Waals surface area contributed by atoms with Crippen molar-refractivity contribution in [1.82, 2.24) is 9.97 Å². The van der Waals surface area contributed by atoms with Gasteiger partial charge in [-0.2, -0.15) is 0 Å². The van der Waals surface area contributed by atoms with Crippen LogP contribution < -0.4 is 5.73 Å². The van der Waals surface area contributed by atoms with Crippen LogP contribution in [0.5, 0.6) is 0 Å². The number of nitrogens with zero attached hydrogens (tertiary/aromatic N) is 2. The van der Waals surface area contributed by atoms with Crippen molar-refractivity contribution >= 4 is 5.82 Å². The fraction of sp³-hybridized carbons (Fsp3) is 0.286. The van der Waals surface area contributed by atoms with Gasteiger partial charge in [0.1, 0.15) is 5.82 Å². The maximum absolute atomic E-state index is 9.07. The summed E-state index contributed by atoms with van der Waals surface area (Å²) in [6.07, 6.45) is 1.58. The van der Waals surface area contributed by atoms with E-state index < -0.39 is 0 Å². The molecule has 0 spiro atoms. The highest BCUT2D eigenvalue weighted by molar-refractivity contribution is 5.66. The highest BCUT2D eigenvalue weighted by atomic mass is 16.3. The summed E-state index contributed by atoms with van der Waals surface area (Å²) in [6, 6.07) is 4.20. The molecular weight excluding hydrogens is 226 g/mol. The number of benzene rings is 1. The van der Waals surface area contributed by atoms with Gasteiger partial charge in [-0.25, -0.2) is 9.97 Å². The van der Waals surface area contributed by atoms with E-state index in [9.17, 15) is 0 Å². The van der Waals surface area contributed by atoms with Crippen molar-refractivity contribution in [2.45, 2.75) is 27.4 Å². The Hall–Kier alpha value is -1.94. The van der Waals surface area contributed by atoms with Crippen LogP contribution in [0.4, 0.5) is 5.82 Å². The van der Waals surface area contributed by atoms with Crippen molar-refractivity contribution in [2.75, 3.05) is 5.73 Å². The van der Waals surface area contributed by atoms with Crippen molar-refractivity contribution in [3.63, 3.8) is 0 Å². The Balaban J connectivity index is 2.59. The fourth-order valence-electron chi connectivity index (χ4n) is 2.19. The second-order valence-corrected chi connectivity index (χ2v) is 4.54. The zero-order chi connectivity index (χ0) is 13.3. The van der Waals surface area contributed by atoms with E-state index >= 15 is 0 Å². The normalized spacial score (nSPS) is 10.7. The minimum Gasteiger partial charge on any atom is -0.391 e. The summed E-state index contributed by atoms with van der Waals surface area (Å²) >= 11 is 0. The molecule has 0 atom stereocenters. The number of aliphatic hydroxyl groups excluding tert-OH is 1. The Morgan fingerprint density at radius 1 is 1.17 bits per heavy atom. The van der Waals surface area contributed by atoms with Crippen LogP contribution in [0.15, 0.2) is 18.3 Å². The first-order valence-corrected chi connectivity index (χ1v) is 5.83. The van der Waals surface area contributed by atoms with Gasteiger partial charge in [0, 0.05) is 17.3 Å². The van der Waals surface area contributed by atoms with Gasteiger partial charge in [-0.1, -0.05) is 17.7 Å². The van der Waals surface area contributed by atoms with Gasteiger partial charge >= 0.3 is 0 Å². The molecule has 0 unspecified atom stereocenters. The number of hydrogen-bond donors (Lipinski definition) is 2. The maximum Gasteiger partial charge on any atom is 0.162 e. The second kappa shape index (κ2) is 4.74. The van der Waals surface area contributed by atoms with Crippen LogP contribution in [-0.2, 0) is 6.61 Å². The molecule has 2 rings (SSSR count). The summed E-state index contributed by atoms with van der Waals surface area (Å²) in [5.41, 5.74) is 10.8. The molecule has 4 nitrogen and oxygen atoms in total. The minimum atomic E-state index is -0.141. The van der Waals surface area contributed by atoms with E-state index in [1.165, 1.54) is 5.56 Å². The molecule has 0 aliphatic heterocycles. The van der Waals surface area contributed by atoms with E-state index in [1.54, 1.807) is 6.20 Å². The molecule has 18 heavy (non-hydrogen) atoms. The molecule has 94 valence electrons. The zero-order valence-corrected chi connectivity index (χ0v) is 10.9. The molecule has 3 N–H and O–H groups in total. The molecule has 0 saturated carbocycles. The van der Waals surface area contributed by atoms with Gasteiger partial charge in [-0.15, -0.1) is 0 Å². The lowest BCUT2D eigenvalue weighted by molar-refractivity contribution is 0.281. The Morgan fingerprint density at radius 3 is 2.28 bits per heavy atom. The van der Waals surface area contributed by atoms with E-state index in [1.807, 2.05) is 13.8 Å². The first kappa shape index (κ1) is 12.5. The maximum atomic E-state index is 9.07. The molecule has 1 aromatic carbocycles. The summed E-state index contributed by atoms with van der Waals surface area (Å²) < 4.78 is 0. The van der Waals surface area contributed by atoms with Gasteiger partial charge in [0.15, 0.2) is 5.82 Å². The Bertz CT molecular complexity index is 571. The summed E-state index contributed by atoms with van der Waals surface area (Å²) in [5, 5.41) is 9.07. The SMILES string of the molecule is Cc1cc(C)c(-c2ncc(CO)c(N)n2)c(C)c1. The largest absolute Gasteiger partial charge is 0.391 e. The number of aliphatic hydroxyl groups is 1. The molecule has 0 amide bonds. The highest BCUT2D eigenvalue weighted by Gasteiger charge is 2.11. The van der Waals surface area contributed by atoms with Crippen molar-refractivity contribution in [3.8, 4) is 11.4 Å². The fourth-order valence-corrected chi connectivity index (χ4v) is 2.19. The van der Waals surface area contributed by atoms with Crippen LogP contribution in [0, 0.1) is 20.8 Å². The first-order chi connectivity index (χ1) is 8.52. The van der Waals surface area contributed by atoms with Gasteiger partial charge in [0.2, 0.25) is 0 Å². The van der Waals surface area contributed by atoms with E-state index in [0.29, 0.717) is 17.2 Å². The summed E-state index contributed by atoms with van der Waals surface area (Å²) in [6.45, 7) is 6.00. The molecule has 1 aromatic heterocycles. The standard InChI is InChI=1S/C14H17N3O/c1-8-4-9(2)12(10(3)5-8)14-16-6-11(7-18)13(15)17-14/h4-6,18H,7H2,1-3H3,(H2,15,16,17). The van der Waals surface area contributed by atoms with Crippen molar-refractivity contribution in [1.29, 1.82) is 0 Å². The predicted octanol–water partition coefficient (Wildman–Crippen LogP) is 2.14. The molecular formula is C14H17N3O. The van der Waals surface area contributed by atoms with Gasteiger partial charge < -0.3 is 10.8 Å². The Kier molecular flexibility index (Phi) is 3.30. The molecule has 0 aliphatic carbocycles. The van der Waals surface area contributed by atoms with E-state index in [2.05, 4.69) is 29.0 Å².